The van der Waals surface area contributed by atoms with Gasteiger partial charge in [-0.15, -0.1) is 12.4 Å². The third kappa shape index (κ3) is 1.27. The van der Waals surface area contributed by atoms with Crippen LogP contribution in [0.15, 0.2) is 0 Å². The summed E-state index contributed by atoms with van der Waals surface area (Å²) in [6.45, 7) is 1.88. The summed E-state index contributed by atoms with van der Waals surface area (Å²) < 4.78 is 13.4. The number of Topliss-reactive ketones (excluding diaryl/α,β-unsaturated/α-hetero) is 1. The van der Waals surface area contributed by atoms with Crippen LogP contribution in [0.2, 0.25) is 0 Å². The highest BCUT2D eigenvalue weighted by molar-refractivity contribution is 5.90. The molecule has 0 aromatic rings. The predicted octanol–water partition coefficient (Wildman–Crippen LogP) is 0.795. The zero-order valence-corrected chi connectivity index (χ0v) is 6.99. The van der Waals surface area contributed by atoms with Crippen molar-refractivity contribution in [2.45, 2.75) is 18.5 Å². The monoisotopic (exact) mass is 179 g/mol. The minimum atomic E-state index is -1.44. The Morgan fingerprint density at radius 1 is 1.36 bits per heavy atom. The van der Waals surface area contributed by atoms with Crippen LogP contribution in [0, 0.1) is 0 Å². The Labute approximate surface area is 71.2 Å². The van der Waals surface area contributed by atoms with Crippen molar-refractivity contribution < 1.29 is 9.18 Å². The minimum absolute atomic E-state index is 0. The molecule has 3 saturated heterocycles. The number of hydrogen-bond donors (Lipinski definition) is 0. The molecule has 0 amide bonds. The quantitative estimate of drug-likeness (QED) is 0.548. The summed E-state index contributed by atoms with van der Waals surface area (Å²) in [5.74, 6) is -0.204. The van der Waals surface area contributed by atoms with E-state index in [1.807, 2.05) is 4.90 Å². The molecule has 64 valence electrons. The molecule has 0 radical (unpaired) electrons. The second-order valence-corrected chi connectivity index (χ2v) is 3.16. The summed E-state index contributed by atoms with van der Waals surface area (Å²) in [6, 6.07) is 0. The molecule has 3 aliphatic rings. The van der Waals surface area contributed by atoms with Crippen molar-refractivity contribution in [3.63, 3.8) is 0 Å². The van der Waals surface area contributed by atoms with Crippen molar-refractivity contribution in [3.05, 3.63) is 0 Å². The molecule has 0 spiro atoms. The number of halogens is 2. The Hall–Kier alpha value is -0.150. The molecule has 0 aromatic carbocycles. The average Bonchev–Trinajstić information content (AvgIpc) is 1.92. The summed E-state index contributed by atoms with van der Waals surface area (Å²) in [5.41, 5.74) is -1.44. The smallest absolute Gasteiger partial charge is 0.183 e. The summed E-state index contributed by atoms with van der Waals surface area (Å²) in [7, 11) is 0. The van der Waals surface area contributed by atoms with Crippen LogP contribution in [-0.2, 0) is 4.79 Å². The number of carbonyl (C=O) groups is 1. The Morgan fingerprint density at radius 2 is 1.91 bits per heavy atom. The van der Waals surface area contributed by atoms with Crippen LogP contribution in [0.4, 0.5) is 4.39 Å². The summed E-state index contributed by atoms with van der Waals surface area (Å²) >= 11 is 0. The van der Waals surface area contributed by atoms with Gasteiger partial charge in [-0.05, 0) is 0 Å². The zero-order valence-electron chi connectivity index (χ0n) is 6.18. The van der Waals surface area contributed by atoms with Gasteiger partial charge in [-0.25, -0.2) is 4.39 Å². The second kappa shape index (κ2) is 2.72. The highest BCUT2D eigenvalue weighted by Crippen LogP contribution is 2.32. The molecule has 4 heteroatoms. The van der Waals surface area contributed by atoms with Gasteiger partial charge in [-0.2, -0.15) is 0 Å². The van der Waals surface area contributed by atoms with Crippen LogP contribution in [0.25, 0.3) is 0 Å². The average molecular weight is 180 g/mol. The highest BCUT2D eigenvalue weighted by Gasteiger charge is 2.46. The third-order valence-corrected chi connectivity index (χ3v) is 2.52. The lowest BCUT2D eigenvalue weighted by Crippen LogP contribution is -2.56. The molecule has 0 aliphatic carbocycles. The molecule has 0 unspecified atom stereocenters. The molecule has 2 nitrogen and oxygen atoms in total. The first-order valence-electron chi connectivity index (χ1n) is 3.65. The van der Waals surface area contributed by atoms with Crippen LogP contribution in [-0.4, -0.2) is 36.0 Å². The van der Waals surface area contributed by atoms with Gasteiger partial charge in [0.15, 0.2) is 11.5 Å². The lowest BCUT2D eigenvalue weighted by molar-refractivity contribution is -0.142. The third-order valence-electron chi connectivity index (χ3n) is 2.52. The summed E-state index contributed by atoms with van der Waals surface area (Å²) in [5, 5.41) is 0. The molecule has 3 heterocycles. The second-order valence-electron chi connectivity index (χ2n) is 3.16. The Kier molecular flexibility index (Phi) is 2.21. The minimum Gasteiger partial charge on any atom is -0.296 e. The van der Waals surface area contributed by atoms with Crippen molar-refractivity contribution in [2.24, 2.45) is 0 Å². The fraction of sp³-hybridized carbons (Fsp3) is 0.857. The Balaban J connectivity index is 0.000000605. The van der Waals surface area contributed by atoms with Gasteiger partial charge in [0.25, 0.3) is 0 Å². The van der Waals surface area contributed by atoms with E-state index in [1.54, 1.807) is 0 Å². The number of ketones is 1. The number of piperidine rings is 3. The molecule has 3 rings (SSSR count). The van der Waals surface area contributed by atoms with E-state index >= 15 is 0 Å². The molecular weight excluding hydrogens is 169 g/mol. The lowest BCUT2D eigenvalue weighted by atomic mass is 9.84. The number of nitrogens with zero attached hydrogens (tertiary/aromatic N) is 1. The van der Waals surface area contributed by atoms with E-state index in [0.29, 0.717) is 19.4 Å². The van der Waals surface area contributed by atoms with E-state index in [2.05, 4.69) is 0 Å². The first kappa shape index (κ1) is 8.94. The first-order valence-corrected chi connectivity index (χ1v) is 3.65. The maximum Gasteiger partial charge on any atom is 0.183 e. The van der Waals surface area contributed by atoms with E-state index in [1.165, 1.54) is 0 Å². The van der Waals surface area contributed by atoms with Gasteiger partial charge in [0.2, 0.25) is 0 Å². The van der Waals surface area contributed by atoms with Crippen molar-refractivity contribution in [3.8, 4) is 0 Å². The summed E-state index contributed by atoms with van der Waals surface area (Å²) in [6.07, 6.45) is 0.845. The zero-order chi connectivity index (χ0) is 7.19. The molecule has 0 N–H and O–H groups in total. The van der Waals surface area contributed by atoms with E-state index in [9.17, 15) is 9.18 Å². The van der Waals surface area contributed by atoms with Gasteiger partial charge < -0.3 is 0 Å². The number of hydrogen-bond acceptors (Lipinski definition) is 2. The lowest BCUT2D eigenvalue weighted by Gasteiger charge is -2.41. The molecule has 0 aromatic heterocycles. The van der Waals surface area contributed by atoms with Crippen molar-refractivity contribution >= 4 is 18.2 Å². The van der Waals surface area contributed by atoms with Crippen molar-refractivity contribution in [2.75, 3.05) is 19.6 Å². The Morgan fingerprint density at radius 3 is 2.18 bits per heavy atom. The van der Waals surface area contributed by atoms with Gasteiger partial charge in [-0.3, -0.25) is 9.69 Å². The normalized spacial score (nSPS) is 41.9. The summed E-state index contributed by atoms with van der Waals surface area (Å²) in [4.78, 5) is 13.0. The number of alkyl halides is 1. The van der Waals surface area contributed by atoms with Crippen LogP contribution in [0.5, 0.6) is 0 Å². The van der Waals surface area contributed by atoms with E-state index in [4.69, 9.17) is 0 Å². The molecule has 3 fully saturated rings. The van der Waals surface area contributed by atoms with Gasteiger partial charge in [-0.1, -0.05) is 0 Å². The van der Waals surface area contributed by atoms with E-state index in [-0.39, 0.29) is 18.2 Å². The van der Waals surface area contributed by atoms with Gasteiger partial charge in [0, 0.05) is 25.9 Å². The van der Waals surface area contributed by atoms with Crippen molar-refractivity contribution in [1.82, 2.24) is 4.90 Å². The van der Waals surface area contributed by atoms with Gasteiger partial charge in [0.1, 0.15) is 0 Å². The van der Waals surface area contributed by atoms with Gasteiger partial charge in [0.05, 0.1) is 6.54 Å². The fourth-order valence-corrected chi connectivity index (χ4v) is 1.69. The molecule has 0 atom stereocenters. The number of carbonyl (C=O) groups excluding carboxylic acids is 1. The topological polar surface area (TPSA) is 20.3 Å². The highest BCUT2D eigenvalue weighted by atomic mass is 35.5. The molecule has 11 heavy (non-hydrogen) atoms. The van der Waals surface area contributed by atoms with Gasteiger partial charge >= 0.3 is 0 Å². The number of rotatable bonds is 0. The fourth-order valence-electron chi connectivity index (χ4n) is 1.69. The number of fused-ring (bicyclic) bond motifs is 3. The predicted molar refractivity (Wildman–Crippen MR) is 41.8 cm³/mol. The molecular formula is C7H11ClFNO. The van der Waals surface area contributed by atoms with Crippen LogP contribution >= 0.6 is 12.4 Å². The maximum atomic E-state index is 13.4. The van der Waals surface area contributed by atoms with Crippen molar-refractivity contribution in [1.29, 1.82) is 0 Å². The van der Waals surface area contributed by atoms with Crippen LogP contribution in [0.1, 0.15) is 12.8 Å². The first-order chi connectivity index (χ1) is 4.71. The van der Waals surface area contributed by atoms with E-state index < -0.39 is 5.67 Å². The SMILES string of the molecule is Cl.O=C1CN2CCC1(F)CC2. The van der Waals surface area contributed by atoms with Crippen LogP contribution < -0.4 is 0 Å². The molecule has 3 aliphatic heterocycles. The Bertz CT molecular complexity index is 177. The van der Waals surface area contributed by atoms with E-state index in [0.717, 1.165) is 13.1 Å². The standard InChI is InChI=1S/C7H10FNO.ClH/c8-7-1-3-9(4-2-7)5-6(7)10;/h1-5H2;1H. The molecule has 2 bridgehead atoms. The largest absolute Gasteiger partial charge is 0.296 e. The molecule has 0 saturated carbocycles. The maximum absolute atomic E-state index is 13.4. The van der Waals surface area contributed by atoms with Crippen LogP contribution in [0.3, 0.4) is 0 Å².